The molecule has 2 aromatic rings. The summed E-state index contributed by atoms with van der Waals surface area (Å²) in [6, 6.07) is 6.61. The fraction of sp³-hybridized carbons (Fsp3) is 0.312. The molecule has 6 nitrogen and oxygen atoms in total. The number of nitrogens with zero attached hydrogens (tertiary/aromatic N) is 3. The van der Waals surface area contributed by atoms with E-state index in [1.54, 1.807) is 26.0 Å². The van der Waals surface area contributed by atoms with E-state index < -0.39 is 11.7 Å². The van der Waals surface area contributed by atoms with Crippen molar-refractivity contribution >= 4 is 23.2 Å². The summed E-state index contributed by atoms with van der Waals surface area (Å²) in [5, 5.41) is 24.1. The lowest BCUT2D eigenvalue weighted by molar-refractivity contribution is 0.0878. The SMILES string of the molecule is Cc1nn(CC(O)COc2cc(Cl)ccc2Cl)c(=O)c(C#N)c1C. The number of ether oxygens (including phenoxy) is 1. The number of halogens is 2. The first kappa shape index (κ1) is 18.3. The van der Waals surface area contributed by atoms with Crippen LogP contribution in [0.3, 0.4) is 0 Å². The number of benzene rings is 1. The van der Waals surface area contributed by atoms with Crippen LogP contribution in [0.5, 0.6) is 5.75 Å². The van der Waals surface area contributed by atoms with Crippen LogP contribution in [-0.2, 0) is 6.54 Å². The molecule has 0 bridgehead atoms. The van der Waals surface area contributed by atoms with Gasteiger partial charge in [0.1, 0.15) is 30.1 Å². The Kier molecular flexibility index (Phi) is 5.84. The molecule has 1 unspecified atom stereocenters. The first-order valence-corrected chi connectivity index (χ1v) is 7.83. The number of hydrogen-bond acceptors (Lipinski definition) is 5. The topological polar surface area (TPSA) is 88.1 Å². The summed E-state index contributed by atoms with van der Waals surface area (Å²) >= 11 is 11.8. The Bertz CT molecular complexity index is 859. The quantitative estimate of drug-likeness (QED) is 0.876. The normalized spacial score (nSPS) is 11.8. The molecule has 1 atom stereocenters. The van der Waals surface area contributed by atoms with Crippen molar-refractivity contribution in [3.8, 4) is 11.8 Å². The fourth-order valence-corrected chi connectivity index (χ4v) is 2.39. The first-order valence-electron chi connectivity index (χ1n) is 7.07. The highest BCUT2D eigenvalue weighted by atomic mass is 35.5. The number of aliphatic hydroxyl groups is 1. The van der Waals surface area contributed by atoms with Crippen LogP contribution < -0.4 is 10.3 Å². The van der Waals surface area contributed by atoms with Gasteiger partial charge in [-0.15, -0.1) is 0 Å². The standard InChI is InChI=1S/C16H15Cl2N3O3/c1-9-10(2)20-21(16(23)13(9)6-19)7-12(22)8-24-15-5-11(17)3-4-14(15)18/h3-5,12,22H,7-8H2,1-2H3. The summed E-state index contributed by atoms with van der Waals surface area (Å²) in [7, 11) is 0. The smallest absolute Gasteiger partial charge is 0.285 e. The maximum Gasteiger partial charge on any atom is 0.285 e. The van der Waals surface area contributed by atoms with Gasteiger partial charge < -0.3 is 9.84 Å². The summed E-state index contributed by atoms with van der Waals surface area (Å²) in [6.07, 6.45) is -1.01. The van der Waals surface area contributed by atoms with Gasteiger partial charge in [-0.05, 0) is 31.5 Å². The van der Waals surface area contributed by atoms with Crippen LogP contribution >= 0.6 is 23.2 Å². The lowest BCUT2D eigenvalue weighted by Gasteiger charge is -2.15. The van der Waals surface area contributed by atoms with Crippen molar-refractivity contribution in [3.63, 3.8) is 0 Å². The minimum atomic E-state index is -1.01. The molecule has 0 aliphatic heterocycles. The van der Waals surface area contributed by atoms with E-state index in [9.17, 15) is 9.90 Å². The summed E-state index contributed by atoms with van der Waals surface area (Å²) in [5.74, 6) is 0.335. The van der Waals surface area contributed by atoms with Crippen LogP contribution in [-0.4, -0.2) is 27.6 Å². The van der Waals surface area contributed by atoms with E-state index in [0.29, 0.717) is 27.1 Å². The van der Waals surface area contributed by atoms with Crippen molar-refractivity contribution in [1.29, 1.82) is 5.26 Å². The molecule has 1 aromatic carbocycles. The minimum Gasteiger partial charge on any atom is -0.489 e. The summed E-state index contributed by atoms with van der Waals surface area (Å²) in [5.41, 5.74) is 0.571. The average Bonchev–Trinajstić information content (AvgIpc) is 2.54. The molecule has 1 aromatic heterocycles. The molecule has 0 amide bonds. The lowest BCUT2D eigenvalue weighted by atomic mass is 10.1. The molecule has 0 spiro atoms. The highest BCUT2D eigenvalue weighted by Crippen LogP contribution is 2.27. The number of rotatable bonds is 5. The zero-order chi connectivity index (χ0) is 17.9. The van der Waals surface area contributed by atoms with Gasteiger partial charge in [-0.2, -0.15) is 10.4 Å². The number of aromatic nitrogens is 2. The molecule has 0 saturated heterocycles. The van der Waals surface area contributed by atoms with Crippen LogP contribution in [0.15, 0.2) is 23.0 Å². The molecule has 24 heavy (non-hydrogen) atoms. The van der Waals surface area contributed by atoms with Gasteiger partial charge in [0.15, 0.2) is 0 Å². The van der Waals surface area contributed by atoms with Gasteiger partial charge in [-0.3, -0.25) is 4.79 Å². The third-order valence-corrected chi connectivity index (χ3v) is 4.00. The molecule has 0 fully saturated rings. The van der Waals surface area contributed by atoms with Crippen LogP contribution in [0.1, 0.15) is 16.8 Å². The first-order chi connectivity index (χ1) is 11.3. The molecule has 0 aliphatic carbocycles. The van der Waals surface area contributed by atoms with Crippen molar-refractivity contribution < 1.29 is 9.84 Å². The summed E-state index contributed by atoms with van der Waals surface area (Å²) in [6.45, 7) is 3.14. The molecule has 1 heterocycles. The van der Waals surface area contributed by atoms with Gasteiger partial charge in [0.2, 0.25) is 0 Å². The largest absolute Gasteiger partial charge is 0.489 e. The Morgan fingerprint density at radius 1 is 1.42 bits per heavy atom. The van der Waals surface area contributed by atoms with Crippen LogP contribution in [0.25, 0.3) is 0 Å². The van der Waals surface area contributed by atoms with E-state index in [2.05, 4.69) is 5.10 Å². The van der Waals surface area contributed by atoms with E-state index in [0.717, 1.165) is 4.68 Å². The third kappa shape index (κ3) is 4.06. The van der Waals surface area contributed by atoms with Crippen molar-refractivity contribution in [2.24, 2.45) is 0 Å². The van der Waals surface area contributed by atoms with E-state index in [1.165, 1.54) is 6.07 Å². The van der Waals surface area contributed by atoms with Crippen LogP contribution in [0.4, 0.5) is 0 Å². The van der Waals surface area contributed by atoms with Gasteiger partial charge in [0.05, 0.1) is 17.3 Å². The van der Waals surface area contributed by atoms with Crippen molar-refractivity contribution in [2.45, 2.75) is 26.5 Å². The molecular formula is C16H15Cl2N3O3. The zero-order valence-corrected chi connectivity index (χ0v) is 14.6. The van der Waals surface area contributed by atoms with E-state index in [1.807, 2.05) is 6.07 Å². The number of nitriles is 1. The van der Waals surface area contributed by atoms with Gasteiger partial charge in [0, 0.05) is 11.1 Å². The van der Waals surface area contributed by atoms with Crippen molar-refractivity contribution in [3.05, 3.63) is 55.4 Å². The summed E-state index contributed by atoms with van der Waals surface area (Å²) in [4.78, 5) is 12.2. The second-order valence-electron chi connectivity index (χ2n) is 5.22. The van der Waals surface area contributed by atoms with Gasteiger partial charge in [-0.1, -0.05) is 23.2 Å². The molecule has 1 N–H and O–H groups in total. The van der Waals surface area contributed by atoms with Gasteiger partial charge in [-0.25, -0.2) is 4.68 Å². The fourth-order valence-electron chi connectivity index (χ4n) is 2.05. The predicted molar refractivity (Wildman–Crippen MR) is 90.6 cm³/mol. The Morgan fingerprint density at radius 3 is 2.79 bits per heavy atom. The number of aryl methyl sites for hydroxylation is 1. The van der Waals surface area contributed by atoms with Crippen LogP contribution in [0, 0.1) is 25.2 Å². The molecule has 2 rings (SSSR count). The Morgan fingerprint density at radius 2 is 2.12 bits per heavy atom. The molecule has 0 saturated carbocycles. The van der Waals surface area contributed by atoms with Crippen molar-refractivity contribution in [1.82, 2.24) is 9.78 Å². The number of hydrogen-bond donors (Lipinski definition) is 1. The maximum atomic E-state index is 12.2. The minimum absolute atomic E-state index is 0.0218. The maximum absolute atomic E-state index is 12.2. The second-order valence-corrected chi connectivity index (χ2v) is 6.07. The highest BCUT2D eigenvalue weighted by molar-refractivity contribution is 6.34. The lowest BCUT2D eigenvalue weighted by Crippen LogP contribution is -2.34. The zero-order valence-electron chi connectivity index (χ0n) is 13.1. The number of aliphatic hydroxyl groups excluding tert-OH is 1. The van der Waals surface area contributed by atoms with E-state index in [4.69, 9.17) is 33.2 Å². The molecular weight excluding hydrogens is 353 g/mol. The van der Waals surface area contributed by atoms with Crippen LogP contribution in [0.2, 0.25) is 10.0 Å². The second kappa shape index (κ2) is 7.67. The monoisotopic (exact) mass is 367 g/mol. The summed E-state index contributed by atoms with van der Waals surface area (Å²) < 4.78 is 6.49. The van der Waals surface area contributed by atoms with Gasteiger partial charge >= 0.3 is 0 Å². The Balaban J connectivity index is 2.12. The highest BCUT2D eigenvalue weighted by Gasteiger charge is 2.15. The molecule has 126 valence electrons. The van der Waals surface area contributed by atoms with E-state index in [-0.39, 0.29) is 18.7 Å². The molecule has 8 heteroatoms. The Hall–Kier alpha value is -2.07. The molecule has 0 aliphatic rings. The average molecular weight is 368 g/mol. The predicted octanol–water partition coefficient (Wildman–Crippen LogP) is 2.48. The third-order valence-electron chi connectivity index (χ3n) is 3.46. The van der Waals surface area contributed by atoms with Gasteiger partial charge in [0.25, 0.3) is 5.56 Å². The Labute approximate surface area is 148 Å². The van der Waals surface area contributed by atoms with Crippen molar-refractivity contribution in [2.75, 3.05) is 6.61 Å². The van der Waals surface area contributed by atoms with E-state index >= 15 is 0 Å². The molecule has 0 radical (unpaired) electrons.